The third-order valence-corrected chi connectivity index (χ3v) is 2.84. The van der Waals surface area contributed by atoms with E-state index in [1.165, 1.54) is 12.5 Å². The normalized spacial score (nSPS) is 13.7. The van der Waals surface area contributed by atoms with Crippen LogP contribution in [0, 0.1) is 12.8 Å². The van der Waals surface area contributed by atoms with Crippen molar-refractivity contribution >= 4 is 11.9 Å². The first kappa shape index (κ1) is 14.2. The molecule has 0 heterocycles. The Hall–Kier alpha value is -1.84. The van der Waals surface area contributed by atoms with Crippen LogP contribution in [0.3, 0.4) is 0 Å². The van der Waals surface area contributed by atoms with E-state index < -0.39 is 12.0 Å². The Labute approximate surface area is 107 Å². The van der Waals surface area contributed by atoms with E-state index in [1.807, 2.05) is 31.2 Å². The van der Waals surface area contributed by atoms with E-state index in [-0.39, 0.29) is 11.8 Å². The predicted octanol–water partition coefficient (Wildman–Crippen LogP) is 1.76. The van der Waals surface area contributed by atoms with Crippen LogP contribution >= 0.6 is 0 Å². The van der Waals surface area contributed by atoms with Crippen molar-refractivity contribution in [3.63, 3.8) is 0 Å². The molecule has 0 spiro atoms. The minimum absolute atomic E-state index is 0.231. The zero-order valence-corrected chi connectivity index (χ0v) is 10.9. The lowest BCUT2D eigenvalue weighted by Gasteiger charge is -2.14. The zero-order chi connectivity index (χ0) is 13.7. The molecule has 1 aromatic carbocycles. The summed E-state index contributed by atoms with van der Waals surface area (Å²) < 4.78 is 0. The predicted molar refractivity (Wildman–Crippen MR) is 69.3 cm³/mol. The zero-order valence-electron chi connectivity index (χ0n) is 10.9. The van der Waals surface area contributed by atoms with E-state index in [4.69, 9.17) is 5.11 Å². The number of nitrogens with one attached hydrogen (secondary N) is 1. The van der Waals surface area contributed by atoms with Crippen molar-refractivity contribution in [1.29, 1.82) is 0 Å². The second-order valence-corrected chi connectivity index (χ2v) is 4.66. The van der Waals surface area contributed by atoms with Crippen LogP contribution in [0.1, 0.15) is 25.0 Å². The molecule has 0 fully saturated rings. The van der Waals surface area contributed by atoms with Crippen LogP contribution in [0.5, 0.6) is 0 Å². The molecule has 1 rings (SSSR count). The number of carbonyl (C=O) groups is 2. The molecular weight excluding hydrogens is 230 g/mol. The highest BCUT2D eigenvalue weighted by molar-refractivity contribution is 5.84. The van der Waals surface area contributed by atoms with Gasteiger partial charge >= 0.3 is 5.97 Å². The van der Waals surface area contributed by atoms with E-state index in [1.54, 1.807) is 6.92 Å². The number of carbonyl (C=O) groups excluding carboxylic acids is 1. The summed E-state index contributed by atoms with van der Waals surface area (Å²) in [6.45, 7) is 5.26. The molecule has 1 unspecified atom stereocenters. The van der Waals surface area contributed by atoms with Crippen LogP contribution in [-0.2, 0) is 16.0 Å². The molecule has 4 heteroatoms. The number of amides is 1. The van der Waals surface area contributed by atoms with Gasteiger partial charge in [0.2, 0.25) is 5.91 Å². The number of carboxylic acids is 1. The lowest BCUT2D eigenvalue weighted by molar-refractivity contribution is -0.141. The van der Waals surface area contributed by atoms with Crippen molar-refractivity contribution in [3.8, 4) is 0 Å². The summed E-state index contributed by atoms with van der Waals surface area (Å²) in [5.41, 5.74) is 2.25. The molecule has 0 bridgehead atoms. The summed E-state index contributed by atoms with van der Waals surface area (Å²) in [5.74, 6) is -1.49. The fraction of sp³-hybridized carbons (Fsp3) is 0.429. The van der Waals surface area contributed by atoms with Crippen LogP contribution < -0.4 is 5.32 Å². The average molecular weight is 249 g/mol. The van der Waals surface area contributed by atoms with Gasteiger partial charge in [-0.05, 0) is 25.8 Å². The largest absolute Gasteiger partial charge is 0.480 e. The summed E-state index contributed by atoms with van der Waals surface area (Å²) in [6.07, 6.45) is 0.610. The van der Waals surface area contributed by atoms with Crippen molar-refractivity contribution in [2.45, 2.75) is 33.2 Å². The first-order valence-corrected chi connectivity index (χ1v) is 5.99. The van der Waals surface area contributed by atoms with Crippen LogP contribution in [0.4, 0.5) is 0 Å². The maximum atomic E-state index is 11.8. The van der Waals surface area contributed by atoms with E-state index in [0.717, 1.165) is 5.56 Å². The molecule has 98 valence electrons. The Morgan fingerprint density at radius 3 is 2.28 bits per heavy atom. The van der Waals surface area contributed by atoms with Gasteiger partial charge in [0.25, 0.3) is 0 Å². The van der Waals surface area contributed by atoms with Crippen molar-refractivity contribution in [3.05, 3.63) is 35.4 Å². The number of hydrogen-bond acceptors (Lipinski definition) is 2. The number of rotatable bonds is 5. The lowest BCUT2D eigenvalue weighted by Crippen LogP contribution is -2.41. The van der Waals surface area contributed by atoms with Gasteiger partial charge in [0, 0.05) is 5.92 Å². The maximum Gasteiger partial charge on any atom is 0.325 e. The summed E-state index contributed by atoms with van der Waals surface area (Å²) in [5, 5.41) is 11.2. The molecule has 2 atom stereocenters. The van der Waals surface area contributed by atoms with Gasteiger partial charge in [-0.25, -0.2) is 0 Å². The lowest BCUT2D eigenvalue weighted by atomic mass is 9.99. The molecule has 0 aromatic heterocycles. The van der Waals surface area contributed by atoms with E-state index in [2.05, 4.69) is 5.32 Å². The minimum atomic E-state index is -1.02. The topological polar surface area (TPSA) is 66.4 Å². The summed E-state index contributed by atoms with van der Waals surface area (Å²) in [6, 6.07) is 7.12. The van der Waals surface area contributed by atoms with E-state index in [9.17, 15) is 9.59 Å². The molecule has 0 aliphatic carbocycles. The van der Waals surface area contributed by atoms with Crippen LogP contribution in [0.15, 0.2) is 24.3 Å². The van der Waals surface area contributed by atoms with Gasteiger partial charge in [-0.15, -0.1) is 0 Å². The monoisotopic (exact) mass is 249 g/mol. The SMILES string of the molecule is Cc1ccc(CC(C)C(=O)N[C@@H](C)C(=O)O)cc1. The molecule has 18 heavy (non-hydrogen) atoms. The molecule has 0 radical (unpaired) electrons. The standard InChI is InChI=1S/C14H19NO3/c1-9-4-6-12(7-5-9)8-10(2)13(16)15-11(3)14(17)18/h4-7,10-11H,8H2,1-3H3,(H,15,16)(H,17,18)/t10?,11-/m0/s1. The number of hydrogen-bond donors (Lipinski definition) is 2. The second kappa shape index (κ2) is 6.19. The van der Waals surface area contributed by atoms with Gasteiger partial charge in [-0.3, -0.25) is 9.59 Å². The summed E-state index contributed by atoms with van der Waals surface area (Å²) >= 11 is 0. The van der Waals surface area contributed by atoms with Crippen LogP contribution in [0.25, 0.3) is 0 Å². The van der Waals surface area contributed by atoms with Crippen LogP contribution in [0.2, 0.25) is 0 Å². The van der Waals surface area contributed by atoms with Gasteiger partial charge in [0.15, 0.2) is 0 Å². The molecule has 0 aliphatic heterocycles. The molecule has 0 aliphatic rings. The van der Waals surface area contributed by atoms with Crippen molar-refractivity contribution in [1.82, 2.24) is 5.32 Å². The molecule has 0 saturated heterocycles. The van der Waals surface area contributed by atoms with Gasteiger partial charge in [0.05, 0.1) is 0 Å². The summed E-state index contributed by atoms with van der Waals surface area (Å²) in [4.78, 5) is 22.4. The van der Waals surface area contributed by atoms with Gasteiger partial charge < -0.3 is 10.4 Å². The van der Waals surface area contributed by atoms with Crippen molar-refractivity contribution < 1.29 is 14.7 Å². The van der Waals surface area contributed by atoms with Crippen molar-refractivity contribution in [2.75, 3.05) is 0 Å². The van der Waals surface area contributed by atoms with Gasteiger partial charge in [-0.1, -0.05) is 36.8 Å². The quantitative estimate of drug-likeness (QED) is 0.835. The average Bonchev–Trinajstić information content (AvgIpc) is 2.31. The maximum absolute atomic E-state index is 11.8. The first-order chi connectivity index (χ1) is 8.40. The van der Waals surface area contributed by atoms with E-state index >= 15 is 0 Å². The number of benzene rings is 1. The molecule has 1 amide bonds. The Morgan fingerprint density at radius 1 is 1.22 bits per heavy atom. The summed E-state index contributed by atoms with van der Waals surface area (Å²) in [7, 11) is 0. The van der Waals surface area contributed by atoms with Crippen molar-refractivity contribution in [2.24, 2.45) is 5.92 Å². The second-order valence-electron chi connectivity index (χ2n) is 4.66. The highest BCUT2D eigenvalue weighted by atomic mass is 16.4. The Morgan fingerprint density at radius 2 is 1.78 bits per heavy atom. The third-order valence-electron chi connectivity index (χ3n) is 2.84. The minimum Gasteiger partial charge on any atom is -0.480 e. The Balaban J connectivity index is 2.54. The smallest absolute Gasteiger partial charge is 0.325 e. The molecule has 0 saturated carbocycles. The van der Waals surface area contributed by atoms with Gasteiger partial charge in [0.1, 0.15) is 6.04 Å². The Bertz CT molecular complexity index is 425. The Kier molecular flexibility index (Phi) is 4.89. The number of aryl methyl sites for hydroxylation is 1. The molecule has 2 N–H and O–H groups in total. The fourth-order valence-electron chi connectivity index (χ4n) is 1.59. The van der Waals surface area contributed by atoms with Crippen LogP contribution in [-0.4, -0.2) is 23.0 Å². The molecule has 1 aromatic rings. The fourth-order valence-corrected chi connectivity index (χ4v) is 1.59. The highest BCUT2D eigenvalue weighted by Crippen LogP contribution is 2.10. The van der Waals surface area contributed by atoms with Gasteiger partial charge in [-0.2, -0.15) is 0 Å². The molecular formula is C14H19NO3. The number of carboxylic acid groups (broad SMARTS) is 1. The highest BCUT2D eigenvalue weighted by Gasteiger charge is 2.19. The first-order valence-electron chi connectivity index (χ1n) is 5.99. The third kappa shape index (κ3) is 4.20. The number of aliphatic carboxylic acids is 1. The molecule has 4 nitrogen and oxygen atoms in total. The van der Waals surface area contributed by atoms with E-state index in [0.29, 0.717) is 6.42 Å².